The second kappa shape index (κ2) is 10.8. The Kier molecular flexibility index (Phi) is 8.15. The number of hydrogen-bond donors (Lipinski definition) is 0. The molecule has 32 heavy (non-hydrogen) atoms. The summed E-state index contributed by atoms with van der Waals surface area (Å²) >= 11 is 3.31. The molecule has 0 saturated heterocycles. The summed E-state index contributed by atoms with van der Waals surface area (Å²) in [5.41, 5.74) is 0.574. The van der Waals surface area contributed by atoms with Crippen LogP contribution in [0.1, 0.15) is 24.0 Å². The van der Waals surface area contributed by atoms with Crippen molar-refractivity contribution in [3.8, 4) is 17.2 Å². The molecule has 0 aromatic heterocycles. The Morgan fingerprint density at radius 3 is 2.19 bits per heavy atom. The average molecular weight is 513 g/mol. The molecule has 0 aliphatic rings. The molecule has 0 bridgehead atoms. The highest BCUT2D eigenvalue weighted by Gasteiger charge is 2.40. The van der Waals surface area contributed by atoms with E-state index >= 15 is 0 Å². The minimum atomic E-state index is -4.48. The fourth-order valence-corrected chi connectivity index (χ4v) is 3.25. The number of rotatable bonds is 9. The van der Waals surface area contributed by atoms with E-state index in [0.29, 0.717) is 23.7 Å². The molecule has 0 aliphatic carbocycles. The molecule has 0 amide bonds. The summed E-state index contributed by atoms with van der Waals surface area (Å²) in [6.07, 6.45) is -4.48. The molecule has 3 aromatic carbocycles. The third-order valence-electron chi connectivity index (χ3n) is 4.58. The molecule has 3 aromatic rings. The summed E-state index contributed by atoms with van der Waals surface area (Å²) < 4.78 is 71.9. The van der Waals surface area contributed by atoms with Crippen molar-refractivity contribution in [1.82, 2.24) is 0 Å². The first kappa shape index (κ1) is 24.1. The summed E-state index contributed by atoms with van der Waals surface area (Å²) in [6.45, 7) is 1.53. The first-order chi connectivity index (χ1) is 15.3. The maximum atomic E-state index is 14.1. The second-order valence-electron chi connectivity index (χ2n) is 6.93. The highest BCUT2D eigenvalue weighted by molar-refractivity contribution is 9.10. The van der Waals surface area contributed by atoms with Crippen LogP contribution in [0.5, 0.6) is 17.2 Å². The van der Waals surface area contributed by atoms with Crippen molar-refractivity contribution in [3.63, 3.8) is 0 Å². The number of benzene rings is 3. The average Bonchev–Trinajstić information content (AvgIpc) is 2.75. The SMILES string of the molecule is CCOc1ccc(C(COCc2ccc(F)c(Oc3ccc(Br)cc3)c2)C(F)(F)F)cc1. The third-order valence-corrected chi connectivity index (χ3v) is 5.11. The van der Waals surface area contributed by atoms with Gasteiger partial charge in [0.2, 0.25) is 0 Å². The lowest BCUT2D eigenvalue weighted by Gasteiger charge is -2.21. The van der Waals surface area contributed by atoms with Crippen LogP contribution >= 0.6 is 15.9 Å². The third kappa shape index (κ3) is 6.71. The minimum absolute atomic E-state index is 0.0349. The Morgan fingerprint density at radius 1 is 0.906 bits per heavy atom. The zero-order chi connectivity index (χ0) is 23.1. The number of alkyl halides is 3. The molecule has 0 radical (unpaired) electrons. The van der Waals surface area contributed by atoms with Crippen LogP contribution in [-0.4, -0.2) is 19.4 Å². The van der Waals surface area contributed by atoms with Gasteiger partial charge in [0.15, 0.2) is 11.6 Å². The van der Waals surface area contributed by atoms with Crippen molar-refractivity contribution >= 4 is 15.9 Å². The van der Waals surface area contributed by atoms with Gasteiger partial charge in [-0.2, -0.15) is 13.2 Å². The van der Waals surface area contributed by atoms with Gasteiger partial charge in [0.05, 0.1) is 19.8 Å². The molecule has 3 rings (SSSR count). The van der Waals surface area contributed by atoms with Gasteiger partial charge in [-0.3, -0.25) is 0 Å². The zero-order valence-electron chi connectivity index (χ0n) is 17.2. The molecule has 1 unspecified atom stereocenters. The highest BCUT2D eigenvalue weighted by Crippen LogP contribution is 2.36. The van der Waals surface area contributed by atoms with Gasteiger partial charge in [0.25, 0.3) is 0 Å². The normalized spacial score (nSPS) is 12.4. The fourth-order valence-electron chi connectivity index (χ4n) is 2.98. The largest absolute Gasteiger partial charge is 0.494 e. The van der Waals surface area contributed by atoms with Gasteiger partial charge in [-0.15, -0.1) is 0 Å². The molecule has 0 saturated carbocycles. The number of halogens is 5. The van der Waals surface area contributed by atoms with Crippen LogP contribution in [0.2, 0.25) is 0 Å². The first-order valence-electron chi connectivity index (χ1n) is 9.85. The molecule has 170 valence electrons. The summed E-state index contributed by atoms with van der Waals surface area (Å²) in [5.74, 6) is -1.48. The summed E-state index contributed by atoms with van der Waals surface area (Å²) in [6, 6.07) is 16.7. The minimum Gasteiger partial charge on any atom is -0.494 e. The standard InChI is InChI=1S/C24H21BrF4O3/c1-2-31-19-8-4-17(5-9-19)21(24(27,28)29)15-30-14-16-3-12-22(26)23(13-16)32-20-10-6-18(25)7-11-20/h3-13,21H,2,14-15H2,1H3. The lowest BCUT2D eigenvalue weighted by molar-refractivity contribution is -0.163. The van der Waals surface area contributed by atoms with Crippen LogP contribution in [0.25, 0.3) is 0 Å². The molecule has 0 N–H and O–H groups in total. The van der Waals surface area contributed by atoms with E-state index < -0.39 is 24.5 Å². The van der Waals surface area contributed by atoms with Gasteiger partial charge < -0.3 is 14.2 Å². The van der Waals surface area contributed by atoms with E-state index in [1.54, 1.807) is 31.2 Å². The van der Waals surface area contributed by atoms with Crippen molar-refractivity contribution in [3.05, 3.63) is 88.1 Å². The van der Waals surface area contributed by atoms with Crippen LogP contribution in [0.4, 0.5) is 17.6 Å². The van der Waals surface area contributed by atoms with Crippen molar-refractivity contribution < 1.29 is 31.8 Å². The zero-order valence-corrected chi connectivity index (χ0v) is 18.8. The topological polar surface area (TPSA) is 27.7 Å². The predicted octanol–water partition coefficient (Wildman–Crippen LogP) is 7.64. The lowest BCUT2D eigenvalue weighted by Crippen LogP contribution is -2.25. The van der Waals surface area contributed by atoms with E-state index in [2.05, 4.69) is 15.9 Å². The number of ether oxygens (including phenoxy) is 3. The Labute approximate surface area is 192 Å². The van der Waals surface area contributed by atoms with Crippen molar-refractivity contribution in [1.29, 1.82) is 0 Å². The maximum absolute atomic E-state index is 14.1. The van der Waals surface area contributed by atoms with Gasteiger partial charge in [-0.25, -0.2) is 4.39 Å². The van der Waals surface area contributed by atoms with Crippen LogP contribution in [0, 0.1) is 5.82 Å². The monoisotopic (exact) mass is 512 g/mol. The van der Waals surface area contributed by atoms with Crippen LogP contribution < -0.4 is 9.47 Å². The molecule has 0 aliphatic heterocycles. The van der Waals surface area contributed by atoms with Crippen LogP contribution in [0.15, 0.2) is 71.2 Å². The summed E-state index contributed by atoms with van der Waals surface area (Å²) in [4.78, 5) is 0. The van der Waals surface area contributed by atoms with Crippen molar-refractivity contribution in [2.45, 2.75) is 25.6 Å². The van der Waals surface area contributed by atoms with Gasteiger partial charge in [-0.1, -0.05) is 34.1 Å². The lowest BCUT2D eigenvalue weighted by atomic mass is 9.99. The number of hydrogen-bond acceptors (Lipinski definition) is 3. The maximum Gasteiger partial charge on any atom is 0.397 e. The summed E-state index contributed by atoms with van der Waals surface area (Å²) in [5, 5.41) is 0. The van der Waals surface area contributed by atoms with Crippen molar-refractivity contribution in [2.75, 3.05) is 13.2 Å². The van der Waals surface area contributed by atoms with Crippen molar-refractivity contribution in [2.24, 2.45) is 0 Å². The Hall–Kier alpha value is -2.58. The van der Waals surface area contributed by atoms with Crippen LogP contribution in [-0.2, 0) is 11.3 Å². The molecule has 0 heterocycles. The van der Waals surface area contributed by atoms with E-state index in [1.807, 2.05) is 0 Å². The van der Waals surface area contributed by atoms with E-state index in [-0.39, 0.29) is 17.9 Å². The quantitative estimate of drug-likeness (QED) is 0.275. The van der Waals surface area contributed by atoms with Gasteiger partial charge in [0.1, 0.15) is 17.4 Å². The molecular weight excluding hydrogens is 492 g/mol. The second-order valence-corrected chi connectivity index (χ2v) is 7.85. The molecular formula is C24H21BrF4O3. The molecule has 3 nitrogen and oxygen atoms in total. The summed E-state index contributed by atoms with van der Waals surface area (Å²) in [7, 11) is 0. The smallest absolute Gasteiger partial charge is 0.397 e. The Balaban J connectivity index is 1.66. The van der Waals surface area contributed by atoms with E-state index in [0.717, 1.165) is 4.47 Å². The highest BCUT2D eigenvalue weighted by atomic mass is 79.9. The van der Waals surface area contributed by atoms with E-state index in [9.17, 15) is 17.6 Å². The molecule has 0 fully saturated rings. The van der Waals surface area contributed by atoms with Gasteiger partial charge in [0, 0.05) is 4.47 Å². The van der Waals surface area contributed by atoms with E-state index in [4.69, 9.17) is 14.2 Å². The molecule has 0 spiro atoms. The fraction of sp³-hybridized carbons (Fsp3) is 0.250. The van der Waals surface area contributed by atoms with E-state index in [1.165, 1.54) is 42.5 Å². The van der Waals surface area contributed by atoms with Gasteiger partial charge >= 0.3 is 6.18 Å². The molecule has 8 heteroatoms. The Bertz CT molecular complexity index is 1010. The predicted molar refractivity (Wildman–Crippen MR) is 117 cm³/mol. The Morgan fingerprint density at radius 2 is 1.56 bits per heavy atom. The molecule has 1 atom stereocenters. The van der Waals surface area contributed by atoms with Gasteiger partial charge in [-0.05, 0) is 66.6 Å². The van der Waals surface area contributed by atoms with Crippen LogP contribution in [0.3, 0.4) is 0 Å². The first-order valence-corrected chi connectivity index (χ1v) is 10.6.